The Labute approximate surface area is 149 Å². The molecule has 0 spiro atoms. The maximum atomic E-state index is 13.0. The van der Waals surface area contributed by atoms with Gasteiger partial charge in [0, 0.05) is 32.6 Å². The van der Waals surface area contributed by atoms with Gasteiger partial charge in [-0.05, 0) is 24.6 Å². The van der Waals surface area contributed by atoms with Crippen LogP contribution >= 0.6 is 0 Å². The topological polar surface area (TPSA) is 91.4 Å². The van der Waals surface area contributed by atoms with Crippen molar-refractivity contribution in [3.8, 4) is 0 Å². The van der Waals surface area contributed by atoms with E-state index in [9.17, 15) is 14.0 Å². The normalized spacial score (nSPS) is 14.4. The minimum Gasteiger partial charge on any atom is -0.450 e. The molecular formula is C17H20FN5O3. The summed E-state index contributed by atoms with van der Waals surface area (Å²) in [7, 11) is 0. The summed E-state index contributed by atoms with van der Waals surface area (Å²) in [6.45, 7) is 4.14. The van der Waals surface area contributed by atoms with Crippen molar-refractivity contribution >= 4 is 12.0 Å². The number of hydrogen-bond donors (Lipinski definition) is 1. The molecule has 1 aliphatic rings. The number of aromatic amines is 1. The van der Waals surface area contributed by atoms with Gasteiger partial charge in [-0.3, -0.25) is 9.78 Å². The number of H-pyrrole nitrogens is 1. The minimum absolute atomic E-state index is 0.269. The Morgan fingerprint density at radius 3 is 2.50 bits per heavy atom. The van der Waals surface area contributed by atoms with Crippen molar-refractivity contribution < 1.29 is 13.9 Å². The Balaban J connectivity index is 1.64. The standard InChI is InChI=1S/C17H20FN5O3/c1-2-26-17(25)23-9-7-22(8-10-23)16-19-15(24)14(20-21-16)11-12-3-5-13(18)6-4-12/h3-6H,2,7-11H2,1H3,(H,19,21,24). The molecule has 1 aromatic heterocycles. The molecule has 1 aromatic carbocycles. The van der Waals surface area contributed by atoms with Crippen molar-refractivity contribution in [3.63, 3.8) is 0 Å². The molecule has 26 heavy (non-hydrogen) atoms. The smallest absolute Gasteiger partial charge is 0.409 e. The fraction of sp³-hybridized carbons (Fsp3) is 0.412. The maximum absolute atomic E-state index is 13.0. The predicted octanol–water partition coefficient (Wildman–Crippen LogP) is 1.17. The molecule has 1 N–H and O–H groups in total. The molecule has 2 heterocycles. The molecule has 0 atom stereocenters. The number of ether oxygens (including phenoxy) is 1. The molecule has 3 rings (SSSR count). The second-order valence-electron chi connectivity index (χ2n) is 5.90. The summed E-state index contributed by atoms with van der Waals surface area (Å²) in [6.07, 6.45) is -0.0548. The van der Waals surface area contributed by atoms with Crippen LogP contribution in [0.3, 0.4) is 0 Å². The van der Waals surface area contributed by atoms with Gasteiger partial charge in [0.2, 0.25) is 5.95 Å². The van der Waals surface area contributed by atoms with E-state index < -0.39 is 0 Å². The van der Waals surface area contributed by atoms with Crippen LogP contribution in [0.2, 0.25) is 0 Å². The third-order valence-corrected chi connectivity index (χ3v) is 4.14. The monoisotopic (exact) mass is 361 g/mol. The van der Waals surface area contributed by atoms with Crippen molar-refractivity contribution in [1.29, 1.82) is 0 Å². The lowest BCUT2D eigenvalue weighted by atomic mass is 10.1. The molecule has 9 heteroatoms. The molecule has 1 saturated heterocycles. The van der Waals surface area contributed by atoms with Crippen molar-refractivity contribution in [2.45, 2.75) is 13.3 Å². The SMILES string of the molecule is CCOC(=O)N1CCN(c2nnc(Cc3ccc(F)cc3)c(=O)[nH]2)CC1. The van der Waals surface area contributed by atoms with Crippen LogP contribution in [0.25, 0.3) is 0 Å². The Bertz CT molecular complexity index is 816. The van der Waals surface area contributed by atoms with Crippen LogP contribution < -0.4 is 10.5 Å². The minimum atomic E-state index is -0.332. The Morgan fingerprint density at radius 2 is 1.88 bits per heavy atom. The molecule has 2 aromatic rings. The number of piperazine rings is 1. The van der Waals surface area contributed by atoms with Crippen molar-refractivity contribution in [2.75, 3.05) is 37.7 Å². The van der Waals surface area contributed by atoms with Crippen molar-refractivity contribution in [1.82, 2.24) is 20.1 Å². The average Bonchev–Trinajstić information content (AvgIpc) is 2.65. The molecule has 0 aliphatic carbocycles. The quantitative estimate of drug-likeness (QED) is 0.879. The van der Waals surface area contributed by atoms with Gasteiger partial charge in [-0.25, -0.2) is 9.18 Å². The highest BCUT2D eigenvalue weighted by Gasteiger charge is 2.23. The molecule has 1 fully saturated rings. The first-order valence-corrected chi connectivity index (χ1v) is 8.43. The van der Waals surface area contributed by atoms with Gasteiger partial charge in [0.1, 0.15) is 11.5 Å². The second kappa shape index (κ2) is 7.94. The average molecular weight is 361 g/mol. The Hall–Kier alpha value is -2.97. The largest absolute Gasteiger partial charge is 0.450 e. The number of amides is 1. The number of nitrogens with one attached hydrogen (secondary N) is 1. The number of aromatic nitrogens is 3. The van der Waals surface area contributed by atoms with Crippen LogP contribution in [0.15, 0.2) is 29.1 Å². The van der Waals surface area contributed by atoms with Gasteiger partial charge in [-0.2, -0.15) is 0 Å². The lowest BCUT2D eigenvalue weighted by Crippen LogP contribution is -2.49. The summed E-state index contributed by atoms with van der Waals surface area (Å²) >= 11 is 0. The molecule has 0 bridgehead atoms. The number of carbonyl (C=O) groups is 1. The zero-order chi connectivity index (χ0) is 18.5. The maximum Gasteiger partial charge on any atom is 0.409 e. The van der Waals surface area contributed by atoms with Gasteiger partial charge in [-0.15, -0.1) is 10.2 Å². The van der Waals surface area contributed by atoms with Gasteiger partial charge < -0.3 is 14.5 Å². The fourth-order valence-electron chi connectivity index (χ4n) is 2.72. The molecule has 0 unspecified atom stereocenters. The third-order valence-electron chi connectivity index (χ3n) is 4.14. The highest BCUT2D eigenvalue weighted by atomic mass is 19.1. The molecule has 8 nitrogen and oxygen atoms in total. The Kier molecular flexibility index (Phi) is 5.45. The lowest BCUT2D eigenvalue weighted by molar-refractivity contribution is 0.105. The van der Waals surface area contributed by atoms with E-state index in [1.165, 1.54) is 12.1 Å². The summed E-state index contributed by atoms with van der Waals surface area (Å²) in [4.78, 5) is 30.2. The second-order valence-corrected chi connectivity index (χ2v) is 5.90. The van der Waals surface area contributed by atoms with Crippen molar-refractivity contribution in [2.24, 2.45) is 0 Å². The van der Waals surface area contributed by atoms with Gasteiger partial charge >= 0.3 is 6.09 Å². The first-order chi connectivity index (χ1) is 12.6. The van der Waals surface area contributed by atoms with E-state index in [2.05, 4.69) is 15.2 Å². The predicted molar refractivity (Wildman–Crippen MR) is 92.7 cm³/mol. The van der Waals surface area contributed by atoms with Gasteiger partial charge in [0.15, 0.2) is 0 Å². The van der Waals surface area contributed by atoms with E-state index in [1.807, 2.05) is 4.90 Å². The first kappa shape index (κ1) is 17.8. The van der Waals surface area contributed by atoms with Crippen LogP contribution in [0.1, 0.15) is 18.2 Å². The highest BCUT2D eigenvalue weighted by molar-refractivity contribution is 5.68. The summed E-state index contributed by atoms with van der Waals surface area (Å²) in [5, 5.41) is 8.12. The number of rotatable bonds is 4. The van der Waals surface area contributed by atoms with E-state index >= 15 is 0 Å². The van der Waals surface area contributed by atoms with Crippen LogP contribution in [-0.2, 0) is 11.2 Å². The molecular weight excluding hydrogens is 341 g/mol. The van der Waals surface area contributed by atoms with Gasteiger partial charge in [-0.1, -0.05) is 12.1 Å². The number of carbonyl (C=O) groups excluding carboxylic acids is 1. The summed E-state index contributed by atoms with van der Waals surface area (Å²) in [5.41, 5.74) is 0.722. The first-order valence-electron chi connectivity index (χ1n) is 8.43. The van der Waals surface area contributed by atoms with E-state index in [0.717, 1.165) is 5.56 Å². The number of benzene rings is 1. The van der Waals surface area contributed by atoms with E-state index in [1.54, 1.807) is 24.0 Å². The molecule has 0 saturated carbocycles. The fourth-order valence-corrected chi connectivity index (χ4v) is 2.72. The molecule has 1 aliphatic heterocycles. The molecule has 138 valence electrons. The lowest BCUT2D eigenvalue weighted by Gasteiger charge is -2.33. The van der Waals surface area contributed by atoms with Crippen LogP contribution in [0, 0.1) is 5.82 Å². The zero-order valence-corrected chi connectivity index (χ0v) is 14.4. The summed E-state index contributed by atoms with van der Waals surface area (Å²) in [6, 6.07) is 5.90. The number of nitrogens with zero attached hydrogens (tertiary/aromatic N) is 4. The number of halogens is 1. The van der Waals surface area contributed by atoms with Crippen LogP contribution in [0.4, 0.5) is 15.1 Å². The van der Waals surface area contributed by atoms with E-state index in [4.69, 9.17) is 4.74 Å². The van der Waals surface area contributed by atoms with E-state index in [0.29, 0.717) is 38.7 Å². The van der Waals surface area contributed by atoms with Crippen LogP contribution in [-0.4, -0.2) is 59.0 Å². The third kappa shape index (κ3) is 4.16. The zero-order valence-electron chi connectivity index (χ0n) is 14.4. The van der Waals surface area contributed by atoms with Crippen molar-refractivity contribution in [3.05, 3.63) is 51.7 Å². The Morgan fingerprint density at radius 1 is 1.19 bits per heavy atom. The molecule has 1 amide bonds. The van der Waals surface area contributed by atoms with Crippen LogP contribution in [0.5, 0.6) is 0 Å². The summed E-state index contributed by atoms with van der Waals surface area (Å²) in [5.74, 6) is 0.0485. The highest BCUT2D eigenvalue weighted by Crippen LogP contribution is 2.11. The molecule has 0 radical (unpaired) electrons. The van der Waals surface area contributed by atoms with Gasteiger partial charge in [0.25, 0.3) is 5.56 Å². The van der Waals surface area contributed by atoms with E-state index in [-0.39, 0.29) is 29.6 Å². The summed E-state index contributed by atoms with van der Waals surface area (Å²) < 4.78 is 17.9. The number of anilines is 1. The van der Waals surface area contributed by atoms with Gasteiger partial charge in [0.05, 0.1) is 6.61 Å². The number of hydrogen-bond acceptors (Lipinski definition) is 6.